The standard InChI is InChI=1S/C19H22N2O3/c1-23-17-4-3-16-10-15(13-24-18(16)11-17)12-21-19(22)5-2-14-6-8-20-9-7-14/h3-4,6-9,11,15H,2,5,10,12-13H2,1H3,(H,21,22). The first-order valence-electron chi connectivity index (χ1n) is 8.20. The Morgan fingerprint density at radius 2 is 2.17 bits per heavy atom. The van der Waals surface area contributed by atoms with Crippen LogP contribution in [0.4, 0.5) is 0 Å². The zero-order valence-electron chi connectivity index (χ0n) is 13.8. The van der Waals surface area contributed by atoms with E-state index in [1.54, 1.807) is 19.5 Å². The Labute approximate surface area is 142 Å². The molecular formula is C19H22N2O3. The fourth-order valence-corrected chi connectivity index (χ4v) is 2.83. The van der Waals surface area contributed by atoms with E-state index in [0.717, 1.165) is 35.5 Å². The van der Waals surface area contributed by atoms with Gasteiger partial charge in [-0.25, -0.2) is 0 Å². The number of carbonyl (C=O) groups is 1. The molecule has 0 spiro atoms. The van der Waals surface area contributed by atoms with Gasteiger partial charge in [0.05, 0.1) is 13.7 Å². The number of rotatable bonds is 6. The number of benzene rings is 1. The van der Waals surface area contributed by atoms with Gasteiger partial charge in [0.15, 0.2) is 0 Å². The molecule has 2 heterocycles. The highest BCUT2D eigenvalue weighted by atomic mass is 16.5. The Morgan fingerprint density at radius 1 is 1.33 bits per heavy atom. The molecule has 1 unspecified atom stereocenters. The van der Waals surface area contributed by atoms with Gasteiger partial charge >= 0.3 is 0 Å². The number of amides is 1. The number of methoxy groups -OCH3 is 1. The lowest BCUT2D eigenvalue weighted by molar-refractivity contribution is -0.121. The number of aryl methyl sites for hydroxylation is 1. The van der Waals surface area contributed by atoms with Crippen LogP contribution in [0.25, 0.3) is 0 Å². The third kappa shape index (κ3) is 4.25. The molecule has 0 aliphatic carbocycles. The molecule has 0 saturated carbocycles. The zero-order valence-corrected chi connectivity index (χ0v) is 13.8. The van der Waals surface area contributed by atoms with Crippen LogP contribution >= 0.6 is 0 Å². The van der Waals surface area contributed by atoms with E-state index in [0.29, 0.717) is 25.5 Å². The quantitative estimate of drug-likeness (QED) is 0.885. The number of ether oxygens (including phenoxy) is 2. The van der Waals surface area contributed by atoms with Crippen LogP contribution in [0.15, 0.2) is 42.7 Å². The Bertz CT molecular complexity index is 688. The first kappa shape index (κ1) is 16.3. The molecule has 5 heteroatoms. The normalized spacial score (nSPS) is 16.0. The van der Waals surface area contributed by atoms with Crippen molar-refractivity contribution in [3.8, 4) is 11.5 Å². The number of nitrogens with one attached hydrogen (secondary N) is 1. The summed E-state index contributed by atoms with van der Waals surface area (Å²) < 4.78 is 11.0. The van der Waals surface area contributed by atoms with Crippen LogP contribution in [0.2, 0.25) is 0 Å². The maximum atomic E-state index is 12.0. The lowest BCUT2D eigenvalue weighted by Gasteiger charge is -2.25. The second kappa shape index (κ2) is 7.81. The van der Waals surface area contributed by atoms with Gasteiger partial charge in [-0.1, -0.05) is 6.07 Å². The zero-order chi connectivity index (χ0) is 16.8. The minimum absolute atomic E-state index is 0.0762. The van der Waals surface area contributed by atoms with Crippen molar-refractivity contribution in [1.29, 1.82) is 0 Å². The van der Waals surface area contributed by atoms with Crippen molar-refractivity contribution in [2.24, 2.45) is 5.92 Å². The van der Waals surface area contributed by atoms with E-state index < -0.39 is 0 Å². The highest BCUT2D eigenvalue weighted by Crippen LogP contribution is 2.30. The SMILES string of the molecule is COc1ccc2c(c1)OCC(CNC(=O)CCc1ccncc1)C2. The first-order valence-corrected chi connectivity index (χ1v) is 8.20. The van der Waals surface area contributed by atoms with Crippen LogP contribution in [-0.4, -0.2) is 31.2 Å². The van der Waals surface area contributed by atoms with Crippen molar-refractivity contribution < 1.29 is 14.3 Å². The maximum absolute atomic E-state index is 12.0. The van der Waals surface area contributed by atoms with Gasteiger partial charge in [-0.05, 0) is 42.2 Å². The van der Waals surface area contributed by atoms with Crippen LogP contribution in [0.1, 0.15) is 17.5 Å². The molecule has 0 fully saturated rings. The van der Waals surface area contributed by atoms with Crippen molar-refractivity contribution in [3.05, 3.63) is 53.9 Å². The molecule has 5 nitrogen and oxygen atoms in total. The van der Waals surface area contributed by atoms with E-state index in [1.165, 1.54) is 0 Å². The van der Waals surface area contributed by atoms with Gasteiger partial charge in [0.25, 0.3) is 0 Å². The minimum Gasteiger partial charge on any atom is -0.497 e. The van der Waals surface area contributed by atoms with Crippen LogP contribution in [0.3, 0.4) is 0 Å². The summed E-state index contributed by atoms with van der Waals surface area (Å²) in [5, 5.41) is 3.02. The third-order valence-electron chi connectivity index (χ3n) is 4.24. The Balaban J connectivity index is 1.44. The van der Waals surface area contributed by atoms with Crippen LogP contribution in [0.5, 0.6) is 11.5 Å². The fourth-order valence-electron chi connectivity index (χ4n) is 2.83. The third-order valence-corrected chi connectivity index (χ3v) is 4.24. The van der Waals surface area contributed by atoms with Crippen molar-refractivity contribution in [2.75, 3.05) is 20.3 Å². The average molecular weight is 326 g/mol. The molecule has 3 rings (SSSR count). The predicted octanol–water partition coefficient (Wildman–Crippen LogP) is 2.39. The van der Waals surface area contributed by atoms with E-state index >= 15 is 0 Å². The van der Waals surface area contributed by atoms with Crippen LogP contribution in [0, 0.1) is 5.92 Å². The number of aromatic nitrogens is 1. The van der Waals surface area contributed by atoms with Crippen molar-refractivity contribution in [1.82, 2.24) is 10.3 Å². The summed E-state index contributed by atoms with van der Waals surface area (Å²) in [6.07, 6.45) is 5.63. The number of fused-ring (bicyclic) bond motifs is 1. The van der Waals surface area contributed by atoms with Crippen molar-refractivity contribution >= 4 is 5.91 Å². The molecule has 1 atom stereocenters. The second-order valence-corrected chi connectivity index (χ2v) is 6.01. The largest absolute Gasteiger partial charge is 0.497 e. The van der Waals surface area contributed by atoms with Crippen molar-refractivity contribution in [2.45, 2.75) is 19.3 Å². The molecule has 1 amide bonds. The summed E-state index contributed by atoms with van der Waals surface area (Å²) in [7, 11) is 1.65. The van der Waals surface area contributed by atoms with Crippen LogP contribution in [-0.2, 0) is 17.6 Å². The highest BCUT2D eigenvalue weighted by Gasteiger charge is 2.20. The van der Waals surface area contributed by atoms with E-state index in [9.17, 15) is 4.79 Å². The van der Waals surface area contributed by atoms with E-state index in [4.69, 9.17) is 9.47 Å². The van der Waals surface area contributed by atoms with Gasteiger partial charge in [0.1, 0.15) is 11.5 Å². The van der Waals surface area contributed by atoms with Gasteiger partial charge in [-0.15, -0.1) is 0 Å². The summed E-state index contributed by atoms with van der Waals surface area (Å²) in [4.78, 5) is 16.0. The maximum Gasteiger partial charge on any atom is 0.220 e. The molecule has 1 aliphatic rings. The number of pyridine rings is 1. The number of carbonyl (C=O) groups excluding carboxylic acids is 1. The molecule has 1 aromatic heterocycles. The van der Waals surface area contributed by atoms with Gasteiger partial charge < -0.3 is 14.8 Å². The summed E-state index contributed by atoms with van der Waals surface area (Å²) >= 11 is 0. The van der Waals surface area contributed by atoms with Crippen molar-refractivity contribution in [3.63, 3.8) is 0 Å². The highest BCUT2D eigenvalue weighted by molar-refractivity contribution is 5.76. The van der Waals surface area contributed by atoms with Crippen LogP contribution < -0.4 is 14.8 Å². The summed E-state index contributed by atoms with van der Waals surface area (Å²) in [6, 6.07) is 9.77. The molecule has 2 aromatic rings. The molecule has 1 aromatic carbocycles. The number of nitrogens with zero attached hydrogens (tertiary/aromatic N) is 1. The molecule has 126 valence electrons. The summed E-state index contributed by atoms with van der Waals surface area (Å²) in [6.45, 7) is 1.26. The molecule has 1 N–H and O–H groups in total. The minimum atomic E-state index is 0.0762. The summed E-state index contributed by atoms with van der Waals surface area (Å²) in [5.41, 5.74) is 2.29. The second-order valence-electron chi connectivity index (χ2n) is 6.01. The molecule has 0 bridgehead atoms. The first-order chi connectivity index (χ1) is 11.7. The average Bonchev–Trinajstić information content (AvgIpc) is 2.65. The van der Waals surface area contributed by atoms with Gasteiger partial charge in [0.2, 0.25) is 5.91 Å². The fraction of sp³-hybridized carbons (Fsp3) is 0.368. The van der Waals surface area contributed by atoms with Gasteiger partial charge in [-0.3, -0.25) is 9.78 Å². The Kier molecular flexibility index (Phi) is 5.31. The molecule has 24 heavy (non-hydrogen) atoms. The molecule has 0 radical (unpaired) electrons. The lowest BCUT2D eigenvalue weighted by atomic mass is 9.96. The Hall–Kier alpha value is -2.56. The molecular weight excluding hydrogens is 304 g/mol. The summed E-state index contributed by atoms with van der Waals surface area (Å²) in [5.74, 6) is 2.06. The topological polar surface area (TPSA) is 60.5 Å². The van der Waals surface area contributed by atoms with Gasteiger partial charge in [-0.2, -0.15) is 0 Å². The van der Waals surface area contributed by atoms with Gasteiger partial charge in [0, 0.05) is 37.3 Å². The smallest absolute Gasteiger partial charge is 0.220 e. The molecule has 0 saturated heterocycles. The number of hydrogen-bond donors (Lipinski definition) is 1. The van der Waals surface area contributed by atoms with E-state index in [2.05, 4.69) is 10.3 Å². The Morgan fingerprint density at radius 3 is 2.96 bits per heavy atom. The molecule has 1 aliphatic heterocycles. The monoisotopic (exact) mass is 326 g/mol. The van der Waals surface area contributed by atoms with E-state index in [-0.39, 0.29) is 5.91 Å². The van der Waals surface area contributed by atoms with E-state index in [1.807, 2.05) is 30.3 Å². The predicted molar refractivity (Wildman–Crippen MR) is 91.3 cm³/mol. The lowest BCUT2D eigenvalue weighted by Crippen LogP contribution is -2.34. The number of hydrogen-bond acceptors (Lipinski definition) is 4.